The van der Waals surface area contributed by atoms with Crippen LogP contribution in [-0.4, -0.2) is 29.4 Å². The minimum absolute atomic E-state index is 0.122. The summed E-state index contributed by atoms with van der Waals surface area (Å²) in [5.74, 6) is 0. The van der Waals surface area contributed by atoms with Crippen LogP contribution in [0.5, 0.6) is 0 Å². The molecule has 3 atom stereocenters. The van der Waals surface area contributed by atoms with E-state index >= 15 is 0 Å². The predicted octanol–water partition coefficient (Wildman–Crippen LogP) is 0.574. The predicted molar refractivity (Wildman–Crippen MR) is 37.5 cm³/mol. The Balaban J connectivity index is 1.81. The number of fused-ring (bicyclic) bond motifs is 1. The second-order valence-electron chi connectivity index (χ2n) is 3.17. The Labute approximate surface area is 64.5 Å². The van der Waals surface area contributed by atoms with E-state index in [-0.39, 0.29) is 6.04 Å². The molecule has 4 heteroatoms. The molecular formula is C7H11NO3. The second-order valence-corrected chi connectivity index (χ2v) is 3.17. The van der Waals surface area contributed by atoms with Gasteiger partial charge in [-0.05, 0) is 19.3 Å². The molecule has 1 unspecified atom stereocenters. The van der Waals surface area contributed by atoms with Gasteiger partial charge in [-0.25, -0.2) is 4.79 Å². The third-order valence-electron chi connectivity index (χ3n) is 2.33. The monoisotopic (exact) mass is 157 g/mol. The Bertz CT molecular complexity index is 183. The van der Waals surface area contributed by atoms with E-state index in [4.69, 9.17) is 9.84 Å². The number of carbonyl (C=O) groups is 1. The van der Waals surface area contributed by atoms with Crippen LogP contribution >= 0.6 is 0 Å². The first-order chi connectivity index (χ1) is 5.25. The largest absolute Gasteiger partial charge is 0.465 e. The standard InChI is InChI=1S/C7H11NO3/c9-7(10)8-4-1-2-5-6(3-4)11-5/h4-6,8H,1-3H2,(H,9,10)/t4-,5+,6?/m1/s1. The van der Waals surface area contributed by atoms with Gasteiger partial charge in [-0.2, -0.15) is 0 Å². The third-order valence-corrected chi connectivity index (χ3v) is 2.33. The molecule has 2 fully saturated rings. The molecule has 1 saturated heterocycles. The molecular weight excluding hydrogens is 146 g/mol. The Morgan fingerprint density at radius 1 is 1.45 bits per heavy atom. The number of carboxylic acid groups (broad SMARTS) is 1. The Hall–Kier alpha value is -0.770. The summed E-state index contributed by atoms with van der Waals surface area (Å²) in [5, 5.41) is 10.9. The van der Waals surface area contributed by atoms with Gasteiger partial charge in [-0.15, -0.1) is 0 Å². The fraction of sp³-hybridized carbons (Fsp3) is 0.857. The number of nitrogens with one attached hydrogen (secondary N) is 1. The van der Waals surface area contributed by atoms with Gasteiger partial charge in [0.25, 0.3) is 0 Å². The normalized spacial score (nSPS) is 40.9. The molecule has 11 heavy (non-hydrogen) atoms. The van der Waals surface area contributed by atoms with E-state index in [2.05, 4.69) is 5.32 Å². The van der Waals surface area contributed by atoms with Crippen LogP contribution in [0.1, 0.15) is 19.3 Å². The molecule has 2 rings (SSSR count). The summed E-state index contributed by atoms with van der Waals surface area (Å²) in [7, 11) is 0. The molecule has 2 aliphatic rings. The smallest absolute Gasteiger partial charge is 0.404 e. The summed E-state index contributed by atoms with van der Waals surface area (Å²) in [6.07, 6.45) is 2.66. The molecule has 2 N–H and O–H groups in total. The zero-order valence-electron chi connectivity index (χ0n) is 6.12. The van der Waals surface area contributed by atoms with E-state index in [1.54, 1.807) is 0 Å². The highest BCUT2D eigenvalue weighted by atomic mass is 16.6. The van der Waals surface area contributed by atoms with Gasteiger partial charge in [-0.1, -0.05) is 0 Å². The molecule has 1 aliphatic heterocycles. The fourth-order valence-electron chi connectivity index (χ4n) is 1.71. The minimum atomic E-state index is -0.922. The van der Waals surface area contributed by atoms with E-state index < -0.39 is 6.09 Å². The summed E-state index contributed by atoms with van der Waals surface area (Å²) >= 11 is 0. The summed E-state index contributed by atoms with van der Waals surface area (Å²) in [5.41, 5.74) is 0. The number of epoxide rings is 1. The number of amides is 1. The zero-order valence-corrected chi connectivity index (χ0v) is 6.12. The maximum atomic E-state index is 10.2. The lowest BCUT2D eigenvalue weighted by Gasteiger charge is -2.17. The molecule has 0 radical (unpaired) electrons. The van der Waals surface area contributed by atoms with E-state index in [0.717, 1.165) is 19.3 Å². The summed E-state index contributed by atoms with van der Waals surface area (Å²) < 4.78 is 5.26. The van der Waals surface area contributed by atoms with Crippen molar-refractivity contribution in [3.63, 3.8) is 0 Å². The third kappa shape index (κ3) is 1.45. The van der Waals surface area contributed by atoms with E-state index in [0.29, 0.717) is 12.2 Å². The van der Waals surface area contributed by atoms with Crippen molar-refractivity contribution in [2.45, 2.75) is 37.5 Å². The summed E-state index contributed by atoms with van der Waals surface area (Å²) in [6, 6.07) is 0.122. The molecule has 0 aromatic rings. The van der Waals surface area contributed by atoms with Crippen LogP contribution in [0, 0.1) is 0 Å². The number of ether oxygens (including phenoxy) is 1. The van der Waals surface area contributed by atoms with E-state index in [1.807, 2.05) is 0 Å². The molecule has 1 saturated carbocycles. The number of hydrogen-bond donors (Lipinski definition) is 2. The molecule has 0 aromatic carbocycles. The lowest BCUT2D eigenvalue weighted by atomic mass is 9.96. The van der Waals surface area contributed by atoms with E-state index in [1.165, 1.54) is 0 Å². The van der Waals surface area contributed by atoms with Crippen molar-refractivity contribution in [1.82, 2.24) is 5.32 Å². The van der Waals surface area contributed by atoms with Gasteiger partial charge in [0, 0.05) is 6.04 Å². The maximum Gasteiger partial charge on any atom is 0.404 e. The first-order valence-electron chi connectivity index (χ1n) is 3.90. The van der Waals surface area contributed by atoms with Gasteiger partial charge in [0.2, 0.25) is 0 Å². The SMILES string of the molecule is O=C(O)N[C@@H]1CC[C@@H]2OC2C1. The van der Waals surface area contributed by atoms with Crippen LogP contribution in [0.3, 0.4) is 0 Å². The molecule has 62 valence electrons. The molecule has 1 aliphatic carbocycles. The van der Waals surface area contributed by atoms with E-state index in [9.17, 15) is 4.79 Å². The van der Waals surface area contributed by atoms with Crippen molar-refractivity contribution in [3.05, 3.63) is 0 Å². The van der Waals surface area contributed by atoms with Gasteiger partial charge in [0.05, 0.1) is 12.2 Å². The Kier molecular flexibility index (Phi) is 1.49. The van der Waals surface area contributed by atoms with Crippen LogP contribution in [0.2, 0.25) is 0 Å². The number of hydrogen-bond acceptors (Lipinski definition) is 2. The molecule has 0 bridgehead atoms. The topological polar surface area (TPSA) is 61.9 Å². The minimum Gasteiger partial charge on any atom is -0.465 e. The quantitative estimate of drug-likeness (QED) is 0.547. The summed E-state index contributed by atoms with van der Waals surface area (Å²) in [4.78, 5) is 10.2. The highest BCUT2D eigenvalue weighted by Crippen LogP contribution is 2.36. The molecule has 1 amide bonds. The fourth-order valence-corrected chi connectivity index (χ4v) is 1.71. The molecule has 4 nitrogen and oxygen atoms in total. The van der Waals surface area contributed by atoms with Gasteiger partial charge >= 0.3 is 6.09 Å². The first kappa shape index (κ1) is 6.91. The second kappa shape index (κ2) is 2.37. The zero-order chi connectivity index (χ0) is 7.84. The van der Waals surface area contributed by atoms with Crippen LogP contribution in [0.15, 0.2) is 0 Å². The first-order valence-corrected chi connectivity index (χ1v) is 3.90. The van der Waals surface area contributed by atoms with Crippen LogP contribution in [0.25, 0.3) is 0 Å². The van der Waals surface area contributed by atoms with Gasteiger partial charge in [0.15, 0.2) is 0 Å². The van der Waals surface area contributed by atoms with Crippen LogP contribution in [0.4, 0.5) is 4.79 Å². The van der Waals surface area contributed by atoms with Crippen molar-refractivity contribution >= 4 is 6.09 Å². The van der Waals surface area contributed by atoms with Crippen molar-refractivity contribution in [2.24, 2.45) is 0 Å². The average molecular weight is 157 g/mol. The Morgan fingerprint density at radius 2 is 2.27 bits per heavy atom. The average Bonchev–Trinajstić information content (AvgIpc) is 2.63. The number of rotatable bonds is 1. The lowest BCUT2D eigenvalue weighted by Crippen LogP contribution is -2.37. The van der Waals surface area contributed by atoms with Gasteiger partial charge in [0.1, 0.15) is 0 Å². The highest BCUT2D eigenvalue weighted by molar-refractivity contribution is 5.64. The molecule has 0 aromatic heterocycles. The van der Waals surface area contributed by atoms with Crippen LogP contribution in [-0.2, 0) is 4.74 Å². The van der Waals surface area contributed by atoms with Crippen molar-refractivity contribution in [1.29, 1.82) is 0 Å². The summed E-state index contributed by atoms with van der Waals surface area (Å²) in [6.45, 7) is 0. The van der Waals surface area contributed by atoms with Crippen LogP contribution < -0.4 is 5.32 Å². The molecule has 0 spiro atoms. The highest BCUT2D eigenvalue weighted by Gasteiger charge is 2.44. The van der Waals surface area contributed by atoms with Crippen molar-refractivity contribution in [2.75, 3.05) is 0 Å². The van der Waals surface area contributed by atoms with Crippen molar-refractivity contribution in [3.8, 4) is 0 Å². The molecule has 1 heterocycles. The van der Waals surface area contributed by atoms with Gasteiger partial charge < -0.3 is 15.2 Å². The van der Waals surface area contributed by atoms with Crippen molar-refractivity contribution < 1.29 is 14.6 Å². The lowest BCUT2D eigenvalue weighted by molar-refractivity contribution is 0.187. The maximum absolute atomic E-state index is 10.2. The van der Waals surface area contributed by atoms with Gasteiger partial charge in [-0.3, -0.25) is 0 Å². The Morgan fingerprint density at radius 3 is 2.91 bits per heavy atom.